The number of methoxy groups -OCH3 is 1. The predicted molar refractivity (Wildman–Crippen MR) is 107 cm³/mol. The SMILES string of the molecule is COc1ccc(CCN2C(=O)C(CC(N)=O)SC2=Nc2ccccc2)cc1. The number of para-hydroxylation sites is 1. The van der Waals surface area contributed by atoms with Gasteiger partial charge < -0.3 is 10.5 Å². The Labute approximate surface area is 162 Å². The van der Waals surface area contributed by atoms with Gasteiger partial charge in [-0.2, -0.15) is 0 Å². The molecule has 1 fully saturated rings. The minimum Gasteiger partial charge on any atom is -0.497 e. The van der Waals surface area contributed by atoms with Gasteiger partial charge in [-0.05, 0) is 36.2 Å². The summed E-state index contributed by atoms with van der Waals surface area (Å²) in [5.74, 6) is 0.179. The number of thioether (sulfide) groups is 1. The van der Waals surface area contributed by atoms with Gasteiger partial charge in [-0.15, -0.1) is 0 Å². The lowest BCUT2D eigenvalue weighted by molar-refractivity contribution is -0.128. The molecule has 2 aromatic carbocycles. The summed E-state index contributed by atoms with van der Waals surface area (Å²) in [6.45, 7) is 0.485. The number of primary amides is 1. The van der Waals surface area contributed by atoms with Crippen LogP contribution in [0.25, 0.3) is 0 Å². The minimum atomic E-state index is -0.513. The van der Waals surface area contributed by atoms with Crippen LogP contribution in [0.1, 0.15) is 12.0 Å². The van der Waals surface area contributed by atoms with Gasteiger partial charge in [0.15, 0.2) is 5.17 Å². The largest absolute Gasteiger partial charge is 0.497 e. The molecule has 0 spiro atoms. The molecule has 1 saturated heterocycles. The average Bonchev–Trinajstić information content (AvgIpc) is 2.95. The molecule has 3 rings (SSSR count). The topological polar surface area (TPSA) is 85.0 Å². The molecule has 140 valence electrons. The summed E-state index contributed by atoms with van der Waals surface area (Å²) in [4.78, 5) is 30.3. The van der Waals surface area contributed by atoms with Gasteiger partial charge in [-0.1, -0.05) is 42.1 Å². The highest BCUT2D eigenvalue weighted by Gasteiger charge is 2.38. The third-order valence-corrected chi connectivity index (χ3v) is 5.35. The number of amides is 2. The van der Waals surface area contributed by atoms with Gasteiger partial charge in [0, 0.05) is 13.0 Å². The molecule has 0 radical (unpaired) electrons. The molecule has 1 unspecified atom stereocenters. The maximum atomic E-state index is 12.8. The zero-order valence-electron chi connectivity index (χ0n) is 15.0. The molecule has 0 bridgehead atoms. The van der Waals surface area contributed by atoms with E-state index in [1.54, 1.807) is 12.0 Å². The number of carbonyl (C=O) groups is 2. The van der Waals surface area contributed by atoms with Gasteiger partial charge >= 0.3 is 0 Å². The van der Waals surface area contributed by atoms with Crippen LogP contribution in [-0.4, -0.2) is 40.8 Å². The number of carbonyl (C=O) groups excluding carboxylic acids is 2. The molecule has 27 heavy (non-hydrogen) atoms. The normalized spacial score (nSPS) is 18.1. The van der Waals surface area contributed by atoms with Crippen molar-refractivity contribution in [3.63, 3.8) is 0 Å². The number of nitrogens with zero attached hydrogens (tertiary/aromatic N) is 2. The first-order valence-electron chi connectivity index (χ1n) is 8.60. The molecule has 0 saturated carbocycles. The van der Waals surface area contributed by atoms with Crippen LogP contribution in [-0.2, 0) is 16.0 Å². The quantitative estimate of drug-likeness (QED) is 0.797. The smallest absolute Gasteiger partial charge is 0.242 e. The first-order chi connectivity index (χ1) is 13.1. The molecule has 1 heterocycles. The Bertz CT molecular complexity index is 837. The fourth-order valence-corrected chi connectivity index (χ4v) is 3.96. The number of nitrogens with two attached hydrogens (primary N) is 1. The second-order valence-electron chi connectivity index (χ2n) is 6.09. The highest BCUT2D eigenvalue weighted by Crippen LogP contribution is 2.31. The first-order valence-corrected chi connectivity index (χ1v) is 9.48. The molecule has 2 aromatic rings. The van der Waals surface area contributed by atoms with E-state index in [0.717, 1.165) is 17.0 Å². The van der Waals surface area contributed by atoms with Crippen LogP contribution in [0.4, 0.5) is 5.69 Å². The second-order valence-corrected chi connectivity index (χ2v) is 7.26. The lowest BCUT2D eigenvalue weighted by Crippen LogP contribution is -2.35. The standard InChI is InChI=1S/C20H21N3O3S/c1-26-16-9-7-14(8-10-16)11-12-23-19(25)17(13-18(21)24)27-20(23)22-15-5-3-2-4-6-15/h2-10,17H,11-13H2,1H3,(H2,21,24). The van der Waals surface area contributed by atoms with E-state index < -0.39 is 11.2 Å². The highest BCUT2D eigenvalue weighted by molar-refractivity contribution is 8.15. The lowest BCUT2D eigenvalue weighted by Gasteiger charge is -2.16. The summed E-state index contributed by atoms with van der Waals surface area (Å²) in [7, 11) is 1.63. The van der Waals surface area contributed by atoms with Gasteiger partial charge in [-0.25, -0.2) is 4.99 Å². The molecule has 0 aliphatic carbocycles. The van der Waals surface area contributed by atoms with Crippen LogP contribution in [0.15, 0.2) is 59.6 Å². The maximum absolute atomic E-state index is 12.8. The van der Waals surface area contributed by atoms with Gasteiger partial charge in [0.05, 0.1) is 12.8 Å². The molecule has 7 heteroatoms. The first kappa shape index (κ1) is 19.0. The zero-order valence-corrected chi connectivity index (χ0v) is 15.8. The molecule has 2 amide bonds. The summed E-state index contributed by atoms with van der Waals surface area (Å²) in [5, 5.41) is 0.0896. The Kier molecular flexibility index (Phi) is 6.13. The van der Waals surface area contributed by atoms with E-state index in [-0.39, 0.29) is 12.3 Å². The Hall–Kier alpha value is -2.80. The van der Waals surface area contributed by atoms with Gasteiger partial charge in [0.2, 0.25) is 11.8 Å². The summed E-state index contributed by atoms with van der Waals surface area (Å²) in [6.07, 6.45) is 0.684. The van der Waals surface area contributed by atoms with Crippen LogP contribution in [0.2, 0.25) is 0 Å². The summed E-state index contributed by atoms with van der Waals surface area (Å²) >= 11 is 1.30. The maximum Gasteiger partial charge on any atom is 0.242 e. The van der Waals surface area contributed by atoms with Crippen molar-refractivity contribution in [1.82, 2.24) is 4.90 Å². The van der Waals surface area contributed by atoms with Gasteiger partial charge in [0.1, 0.15) is 11.0 Å². The molecular formula is C20H21N3O3S. The van der Waals surface area contributed by atoms with E-state index in [0.29, 0.717) is 18.1 Å². The number of aliphatic imine (C=N–C) groups is 1. The third kappa shape index (κ3) is 4.89. The van der Waals surface area contributed by atoms with Crippen molar-refractivity contribution in [2.75, 3.05) is 13.7 Å². The monoisotopic (exact) mass is 383 g/mol. The van der Waals surface area contributed by atoms with E-state index in [4.69, 9.17) is 10.5 Å². The zero-order chi connectivity index (χ0) is 19.2. The number of ether oxygens (including phenoxy) is 1. The van der Waals surface area contributed by atoms with Crippen molar-refractivity contribution in [1.29, 1.82) is 0 Å². The lowest BCUT2D eigenvalue weighted by atomic mass is 10.1. The van der Waals surface area contributed by atoms with Crippen molar-refractivity contribution in [3.05, 3.63) is 60.2 Å². The summed E-state index contributed by atoms with van der Waals surface area (Å²) in [6, 6.07) is 17.2. The van der Waals surface area contributed by atoms with Crippen molar-refractivity contribution in [2.24, 2.45) is 10.7 Å². The summed E-state index contributed by atoms with van der Waals surface area (Å²) < 4.78 is 5.17. The number of amidine groups is 1. The molecule has 1 atom stereocenters. The molecule has 0 aromatic heterocycles. The van der Waals surface area contributed by atoms with E-state index >= 15 is 0 Å². The minimum absolute atomic E-state index is 0.0103. The fourth-order valence-electron chi connectivity index (χ4n) is 2.76. The second kappa shape index (κ2) is 8.73. The van der Waals surface area contributed by atoms with Crippen LogP contribution < -0.4 is 10.5 Å². The van der Waals surface area contributed by atoms with E-state index in [1.807, 2.05) is 54.6 Å². The van der Waals surface area contributed by atoms with Gasteiger partial charge in [-0.3, -0.25) is 14.5 Å². The molecular weight excluding hydrogens is 362 g/mol. The number of hydrogen-bond acceptors (Lipinski definition) is 5. The average molecular weight is 383 g/mol. The Morgan fingerprint density at radius 2 is 1.89 bits per heavy atom. The number of rotatable bonds is 7. The van der Waals surface area contributed by atoms with Crippen molar-refractivity contribution >= 4 is 34.4 Å². The van der Waals surface area contributed by atoms with Crippen LogP contribution >= 0.6 is 11.8 Å². The van der Waals surface area contributed by atoms with Crippen LogP contribution in [0.5, 0.6) is 5.75 Å². The molecule has 1 aliphatic rings. The highest BCUT2D eigenvalue weighted by atomic mass is 32.2. The van der Waals surface area contributed by atoms with Crippen LogP contribution in [0, 0.1) is 0 Å². The number of benzene rings is 2. The van der Waals surface area contributed by atoms with Gasteiger partial charge in [0.25, 0.3) is 0 Å². The van der Waals surface area contributed by atoms with E-state index in [2.05, 4.69) is 4.99 Å². The third-order valence-electron chi connectivity index (χ3n) is 4.17. The Morgan fingerprint density at radius 3 is 2.52 bits per heavy atom. The summed E-state index contributed by atoms with van der Waals surface area (Å²) in [5.41, 5.74) is 7.15. The van der Waals surface area contributed by atoms with Crippen LogP contribution in [0.3, 0.4) is 0 Å². The fraction of sp³-hybridized carbons (Fsp3) is 0.250. The Morgan fingerprint density at radius 1 is 1.19 bits per heavy atom. The van der Waals surface area contributed by atoms with Crippen molar-refractivity contribution < 1.29 is 14.3 Å². The number of hydrogen-bond donors (Lipinski definition) is 1. The molecule has 1 aliphatic heterocycles. The molecule has 6 nitrogen and oxygen atoms in total. The van der Waals surface area contributed by atoms with E-state index in [1.165, 1.54) is 11.8 Å². The predicted octanol–water partition coefficient (Wildman–Crippen LogP) is 2.74. The van der Waals surface area contributed by atoms with E-state index in [9.17, 15) is 9.59 Å². The van der Waals surface area contributed by atoms with Crippen molar-refractivity contribution in [3.8, 4) is 5.75 Å². The molecule has 2 N–H and O–H groups in total. The Balaban J connectivity index is 1.78. The van der Waals surface area contributed by atoms with Crippen molar-refractivity contribution in [2.45, 2.75) is 18.1 Å².